The van der Waals surface area contributed by atoms with Crippen LogP contribution in [0.25, 0.3) is 0 Å². The maximum Gasteiger partial charge on any atom is 0.328 e. The van der Waals surface area contributed by atoms with E-state index >= 15 is 0 Å². The van der Waals surface area contributed by atoms with Crippen LogP contribution < -0.4 is 10.2 Å². The predicted molar refractivity (Wildman–Crippen MR) is 73.6 cm³/mol. The van der Waals surface area contributed by atoms with Crippen LogP contribution in [-0.4, -0.2) is 56.8 Å². The van der Waals surface area contributed by atoms with Gasteiger partial charge < -0.3 is 20.4 Å². The fourth-order valence-electron chi connectivity index (χ4n) is 2.36. The summed E-state index contributed by atoms with van der Waals surface area (Å²) in [5.74, 6) is -1.26. The standard InChI is InChI=1S/C13H18N4O4/c1-8(18)10(12(20)21)16-11(19)9-4-2-7-17(9)13-14-5-3-6-15-13/h3,5-6,8-10,18H,2,4,7H2,1H3,(H,16,19)(H,20,21). The first kappa shape index (κ1) is 15.2. The number of nitrogens with zero attached hydrogens (tertiary/aromatic N) is 3. The van der Waals surface area contributed by atoms with Gasteiger partial charge in [0.25, 0.3) is 0 Å². The molecule has 1 aromatic heterocycles. The Morgan fingerprint density at radius 2 is 2.10 bits per heavy atom. The Kier molecular flexibility index (Phi) is 4.69. The van der Waals surface area contributed by atoms with Crippen LogP contribution in [0.2, 0.25) is 0 Å². The van der Waals surface area contributed by atoms with Crippen molar-refractivity contribution < 1.29 is 19.8 Å². The number of amides is 1. The number of carbonyl (C=O) groups is 2. The minimum atomic E-state index is -1.32. The summed E-state index contributed by atoms with van der Waals surface area (Å²) >= 11 is 0. The molecule has 0 saturated carbocycles. The van der Waals surface area contributed by atoms with Crippen molar-refractivity contribution in [3.8, 4) is 0 Å². The summed E-state index contributed by atoms with van der Waals surface area (Å²) < 4.78 is 0. The van der Waals surface area contributed by atoms with Crippen LogP contribution in [0.3, 0.4) is 0 Å². The molecular weight excluding hydrogens is 276 g/mol. The second-order valence-electron chi connectivity index (χ2n) is 4.97. The number of hydrogen-bond donors (Lipinski definition) is 3. The van der Waals surface area contributed by atoms with Crippen LogP contribution in [0, 0.1) is 0 Å². The molecular formula is C13H18N4O4. The fourth-order valence-corrected chi connectivity index (χ4v) is 2.36. The zero-order valence-electron chi connectivity index (χ0n) is 11.6. The number of carboxylic acid groups (broad SMARTS) is 1. The summed E-state index contributed by atoms with van der Waals surface area (Å²) in [5, 5.41) is 20.8. The van der Waals surface area contributed by atoms with Crippen LogP contribution in [0.5, 0.6) is 0 Å². The van der Waals surface area contributed by atoms with E-state index in [9.17, 15) is 14.7 Å². The number of aromatic nitrogens is 2. The van der Waals surface area contributed by atoms with E-state index in [0.29, 0.717) is 18.9 Å². The van der Waals surface area contributed by atoms with Crippen LogP contribution in [-0.2, 0) is 9.59 Å². The molecule has 1 amide bonds. The van der Waals surface area contributed by atoms with E-state index in [0.717, 1.165) is 6.42 Å². The van der Waals surface area contributed by atoms with Crippen molar-refractivity contribution in [3.63, 3.8) is 0 Å². The fraction of sp³-hybridized carbons (Fsp3) is 0.538. The van der Waals surface area contributed by atoms with Crippen LogP contribution in [0.1, 0.15) is 19.8 Å². The molecule has 3 N–H and O–H groups in total. The third-order valence-electron chi connectivity index (χ3n) is 3.41. The lowest BCUT2D eigenvalue weighted by Crippen LogP contribution is -2.53. The molecule has 0 bridgehead atoms. The van der Waals surface area contributed by atoms with E-state index in [-0.39, 0.29) is 0 Å². The highest BCUT2D eigenvalue weighted by Crippen LogP contribution is 2.22. The van der Waals surface area contributed by atoms with Gasteiger partial charge in [0.2, 0.25) is 11.9 Å². The summed E-state index contributed by atoms with van der Waals surface area (Å²) in [4.78, 5) is 33.3. The average molecular weight is 294 g/mol. The molecule has 0 aliphatic carbocycles. The number of carboxylic acids is 1. The Hall–Kier alpha value is -2.22. The van der Waals surface area contributed by atoms with Gasteiger partial charge in [-0.15, -0.1) is 0 Å². The molecule has 3 atom stereocenters. The van der Waals surface area contributed by atoms with Gasteiger partial charge in [-0.3, -0.25) is 4.79 Å². The molecule has 3 unspecified atom stereocenters. The largest absolute Gasteiger partial charge is 0.480 e. The molecule has 0 radical (unpaired) electrons. The molecule has 8 heteroatoms. The summed E-state index contributed by atoms with van der Waals surface area (Å²) in [7, 11) is 0. The summed E-state index contributed by atoms with van der Waals surface area (Å²) in [5.41, 5.74) is 0. The average Bonchev–Trinajstić information content (AvgIpc) is 2.94. The highest BCUT2D eigenvalue weighted by Gasteiger charge is 2.35. The molecule has 8 nitrogen and oxygen atoms in total. The Morgan fingerprint density at radius 3 is 2.67 bits per heavy atom. The Morgan fingerprint density at radius 1 is 1.43 bits per heavy atom. The van der Waals surface area contributed by atoms with E-state index in [4.69, 9.17) is 5.11 Å². The van der Waals surface area contributed by atoms with Gasteiger partial charge >= 0.3 is 5.97 Å². The van der Waals surface area contributed by atoms with Gasteiger partial charge in [-0.2, -0.15) is 0 Å². The number of rotatable bonds is 5. The van der Waals surface area contributed by atoms with E-state index in [1.165, 1.54) is 6.92 Å². The second kappa shape index (κ2) is 6.49. The first-order chi connectivity index (χ1) is 10.0. The van der Waals surface area contributed by atoms with Crippen molar-refractivity contribution in [1.82, 2.24) is 15.3 Å². The third kappa shape index (κ3) is 3.46. The normalized spacial score (nSPS) is 20.9. The molecule has 2 rings (SSSR count). The quantitative estimate of drug-likeness (QED) is 0.663. The minimum Gasteiger partial charge on any atom is -0.480 e. The number of nitrogens with one attached hydrogen (secondary N) is 1. The molecule has 1 aromatic rings. The van der Waals surface area contributed by atoms with Crippen molar-refractivity contribution in [1.29, 1.82) is 0 Å². The van der Waals surface area contributed by atoms with E-state index < -0.39 is 30.1 Å². The van der Waals surface area contributed by atoms with E-state index in [1.807, 2.05) is 0 Å². The minimum absolute atomic E-state index is 0.437. The van der Waals surface area contributed by atoms with Crippen molar-refractivity contribution >= 4 is 17.8 Å². The van der Waals surface area contributed by atoms with Crippen LogP contribution >= 0.6 is 0 Å². The molecule has 1 saturated heterocycles. The van der Waals surface area contributed by atoms with Crippen LogP contribution in [0.4, 0.5) is 5.95 Å². The maximum atomic E-state index is 12.3. The van der Waals surface area contributed by atoms with Crippen LogP contribution in [0.15, 0.2) is 18.5 Å². The summed E-state index contributed by atoms with van der Waals surface area (Å²) in [6, 6.07) is -0.160. The number of aliphatic hydroxyl groups excluding tert-OH is 1. The Bertz CT molecular complexity index is 508. The third-order valence-corrected chi connectivity index (χ3v) is 3.41. The molecule has 114 valence electrons. The lowest BCUT2D eigenvalue weighted by atomic mass is 10.1. The molecule has 21 heavy (non-hydrogen) atoms. The lowest BCUT2D eigenvalue weighted by molar-refractivity contribution is -0.144. The molecule has 1 aliphatic heterocycles. The van der Waals surface area contributed by atoms with Crippen molar-refractivity contribution in [3.05, 3.63) is 18.5 Å². The maximum absolute atomic E-state index is 12.3. The van der Waals surface area contributed by atoms with Gasteiger partial charge in [0, 0.05) is 18.9 Å². The number of carbonyl (C=O) groups excluding carboxylic acids is 1. The van der Waals surface area contributed by atoms with Gasteiger partial charge in [-0.1, -0.05) is 0 Å². The highest BCUT2D eigenvalue weighted by atomic mass is 16.4. The summed E-state index contributed by atoms with van der Waals surface area (Å²) in [6.07, 6.45) is 3.39. The van der Waals surface area contributed by atoms with Crippen molar-refractivity contribution in [2.24, 2.45) is 0 Å². The van der Waals surface area contributed by atoms with Crippen molar-refractivity contribution in [2.75, 3.05) is 11.4 Å². The zero-order valence-corrected chi connectivity index (χ0v) is 11.6. The van der Waals surface area contributed by atoms with E-state index in [1.54, 1.807) is 23.4 Å². The lowest BCUT2D eigenvalue weighted by Gasteiger charge is -2.26. The highest BCUT2D eigenvalue weighted by molar-refractivity contribution is 5.89. The Balaban J connectivity index is 2.09. The first-order valence-electron chi connectivity index (χ1n) is 6.75. The van der Waals surface area contributed by atoms with Gasteiger partial charge in [0.15, 0.2) is 6.04 Å². The smallest absolute Gasteiger partial charge is 0.328 e. The topological polar surface area (TPSA) is 116 Å². The molecule has 0 spiro atoms. The van der Waals surface area contributed by atoms with Gasteiger partial charge in [0.1, 0.15) is 6.04 Å². The number of aliphatic hydroxyl groups is 1. The zero-order chi connectivity index (χ0) is 15.4. The molecule has 2 heterocycles. The predicted octanol–water partition coefficient (Wildman–Crippen LogP) is -0.604. The molecule has 1 aliphatic rings. The summed E-state index contributed by atoms with van der Waals surface area (Å²) in [6.45, 7) is 1.96. The molecule has 1 fully saturated rings. The van der Waals surface area contributed by atoms with Gasteiger partial charge in [-0.05, 0) is 25.8 Å². The second-order valence-corrected chi connectivity index (χ2v) is 4.97. The Labute approximate surface area is 121 Å². The number of hydrogen-bond acceptors (Lipinski definition) is 6. The van der Waals surface area contributed by atoms with Crippen molar-refractivity contribution in [2.45, 2.75) is 38.0 Å². The van der Waals surface area contributed by atoms with Gasteiger partial charge in [0.05, 0.1) is 6.10 Å². The first-order valence-corrected chi connectivity index (χ1v) is 6.75. The number of aliphatic carboxylic acids is 1. The van der Waals surface area contributed by atoms with Gasteiger partial charge in [-0.25, -0.2) is 14.8 Å². The molecule has 0 aromatic carbocycles. The SMILES string of the molecule is CC(O)C(NC(=O)C1CCCN1c1ncccn1)C(=O)O. The number of anilines is 1. The monoisotopic (exact) mass is 294 g/mol. The van der Waals surface area contributed by atoms with E-state index in [2.05, 4.69) is 15.3 Å².